The van der Waals surface area contributed by atoms with Gasteiger partial charge in [0.25, 0.3) is 5.56 Å². The molecule has 0 amide bonds. The predicted octanol–water partition coefficient (Wildman–Crippen LogP) is 0.192. The highest BCUT2D eigenvalue weighted by molar-refractivity contribution is 5.90. The maximum Gasteiger partial charge on any atom is 0.343 e. The van der Waals surface area contributed by atoms with Crippen molar-refractivity contribution < 1.29 is 14.3 Å². The van der Waals surface area contributed by atoms with Gasteiger partial charge in [-0.3, -0.25) is 4.79 Å². The van der Waals surface area contributed by atoms with E-state index in [1.54, 1.807) is 6.20 Å². The molecule has 1 aliphatic rings. The first-order chi connectivity index (χ1) is 6.74. The average Bonchev–Trinajstić information content (AvgIpc) is 2.64. The number of esters is 1. The number of methoxy groups -OCH3 is 1. The topological polar surface area (TPSA) is 68.4 Å². The minimum Gasteiger partial charge on any atom is -0.465 e. The molecular formula is C9H9NO4. The van der Waals surface area contributed by atoms with E-state index in [0.29, 0.717) is 18.8 Å². The van der Waals surface area contributed by atoms with Crippen LogP contribution in [0.5, 0.6) is 0 Å². The SMILES string of the molecule is COC(=O)c1c2c(c[nH]c1=O)COC2. The average molecular weight is 195 g/mol. The van der Waals surface area contributed by atoms with Crippen molar-refractivity contribution in [2.45, 2.75) is 13.2 Å². The maximum absolute atomic E-state index is 11.4. The quantitative estimate of drug-likeness (QED) is 0.649. The number of rotatable bonds is 1. The fraction of sp³-hybridized carbons (Fsp3) is 0.333. The molecule has 0 aromatic carbocycles. The molecule has 0 saturated carbocycles. The number of fused-ring (bicyclic) bond motifs is 1. The van der Waals surface area contributed by atoms with Crippen molar-refractivity contribution in [2.75, 3.05) is 7.11 Å². The van der Waals surface area contributed by atoms with Crippen LogP contribution in [0.4, 0.5) is 0 Å². The van der Waals surface area contributed by atoms with Gasteiger partial charge < -0.3 is 14.5 Å². The number of hydrogen-bond acceptors (Lipinski definition) is 4. The normalized spacial score (nSPS) is 13.8. The van der Waals surface area contributed by atoms with Crippen LogP contribution in [0.2, 0.25) is 0 Å². The van der Waals surface area contributed by atoms with Gasteiger partial charge in [0.15, 0.2) is 0 Å². The molecule has 2 rings (SSSR count). The molecule has 0 bridgehead atoms. The first kappa shape index (κ1) is 8.96. The van der Waals surface area contributed by atoms with Crippen molar-refractivity contribution in [3.05, 3.63) is 33.2 Å². The summed E-state index contributed by atoms with van der Waals surface area (Å²) in [4.78, 5) is 25.1. The van der Waals surface area contributed by atoms with Crippen molar-refractivity contribution in [3.8, 4) is 0 Å². The third-order valence-corrected chi connectivity index (χ3v) is 2.19. The summed E-state index contributed by atoms with van der Waals surface area (Å²) in [5.41, 5.74) is 1.11. The van der Waals surface area contributed by atoms with Crippen LogP contribution < -0.4 is 5.56 Å². The van der Waals surface area contributed by atoms with E-state index in [1.807, 2.05) is 0 Å². The van der Waals surface area contributed by atoms with Gasteiger partial charge in [0.2, 0.25) is 0 Å². The van der Waals surface area contributed by atoms with Gasteiger partial charge in [-0.2, -0.15) is 0 Å². The molecule has 1 aliphatic heterocycles. The molecule has 0 unspecified atom stereocenters. The first-order valence-corrected chi connectivity index (χ1v) is 4.13. The largest absolute Gasteiger partial charge is 0.465 e. The number of aromatic amines is 1. The van der Waals surface area contributed by atoms with Gasteiger partial charge in [-0.05, 0) is 0 Å². The molecule has 0 spiro atoms. The van der Waals surface area contributed by atoms with Crippen LogP contribution in [0.25, 0.3) is 0 Å². The third kappa shape index (κ3) is 1.22. The summed E-state index contributed by atoms with van der Waals surface area (Å²) in [5, 5.41) is 0. The monoisotopic (exact) mass is 195 g/mol. The minimum atomic E-state index is -0.617. The van der Waals surface area contributed by atoms with Crippen LogP contribution in [0.3, 0.4) is 0 Å². The molecule has 5 nitrogen and oxygen atoms in total. The van der Waals surface area contributed by atoms with Crippen LogP contribution in [0.15, 0.2) is 11.0 Å². The lowest BCUT2D eigenvalue weighted by molar-refractivity contribution is 0.0594. The van der Waals surface area contributed by atoms with Crippen molar-refractivity contribution in [3.63, 3.8) is 0 Å². The second-order valence-electron chi connectivity index (χ2n) is 2.98. The van der Waals surface area contributed by atoms with Crippen LogP contribution in [-0.4, -0.2) is 18.1 Å². The zero-order valence-electron chi connectivity index (χ0n) is 7.62. The van der Waals surface area contributed by atoms with E-state index in [1.165, 1.54) is 7.11 Å². The Hall–Kier alpha value is -1.62. The molecule has 74 valence electrons. The fourth-order valence-corrected chi connectivity index (χ4v) is 1.48. The highest BCUT2D eigenvalue weighted by Gasteiger charge is 2.23. The molecular weight excluding hydrogens is 186 g/mol. The van der Waals surface area contributed by atoms with Crippen LogP contribution >= 0.6 is 0 Å². The zero-order valence-corrected chi connectivity index (χ0v) is 7.62. The molecule has 14 heavy (non-hydrogen) atoms. The fourth-order valence-electron chi connectivity index (χ4n) is 1.48. The molecule has 1 aromatic rings. The van der Waals surface area contributed by atoms with E-state index >= 15 is 0 Å². The molecule has 0 atom stereocenters. The van der Waals surface area contributed by atoms with E-state index in [-0.39, 0.29) is 5.56 Å². The van der Waals surface area contributed by atoms with E-state index in [2.05, 4.69) is 9.72 Å². The Kier molecular flexibility index (Phi) is 2.09. The lowest BCUT2D eigenvalue weighted by atomic mass is 10.1. The Balaban J connectivity index is 2.63. The van der Waals surface area contributed by atoms with Gasteiger partial charge in [0.1, 0.15) is 5.56 Å². The van der Waals surface area contributed by atoms with Crippen LogP contribution in [-0.2, 0) is 22.7 Å². The van der Waals surface area contributed by atoms with E-state index in [0.717, 1.165) is 5.56 Å². The molecule has 0 saturated heterocycles. The van der Waals surface area contributed by atoms with E-state index in [4.69, 9.17) is 4.74 Å². The van der Waals surface area contributed by atoms with Gasteiger partial charge in [-0.25, -0.2) is 4.79 Å². The van der Waals surface area contributed by atoms with Crippen LogP contribution in [0, 0.1) is 0 Å². The number of H-pyrrole nitrogens is 1. The number of carbonyl (C=O) groups is 1. The number of carbonyl (C=O) groups excluding carboxylic acids is 1. The first-order valence-electron chi connectivity index (χ1n) is 4.13. The summed E-state index contributed by atoms with van der Waals surface area (Å²) in [5.74, 6) is -0.617. The van der Waals surface area contributed by atoms with Crippen molar-refractivity contribution >= 4 is 5.97 Å². The maximum atomic E-state index is 11.4. The molecule has 0 aliphatic carbocycles. The summed E-state index contributed by atoms with van der Waals surface area (Å²) in [6.07, 6.45) is 1.57. The molecule has 5 heteroatoms. The molecule has 2 heterocycles. The number of nitrogens with one attached hydrogen (secondary N) is 1. The van der Waals surface area contributed by atoms with Gasteiger partial charge in [0.05, 0.1) is 20.3 Å². The minimum absolute atomic E-state index is 0.0579. The van der Waals surface area contributed by atoms with Crippen molar-refractivity contribution in [1.82, 2.24) is 4.98 Å². The number of ether oxygens (including phenoxy) is 2. The second kappa shape index (κ2) is 3.26. The number of pyridine rings is 1. The van der Waals surface area contributed by atoms with Gasteiger partial charge in [-0.1, -0.05) is 0 Å². The number of aromatic nitrogens is 1. The molecule has 1 N–H and O–H groups in total. The Bertz CT molecular complexity index is 435. The summed E-state index contributed by atoms with van der Waals surface area (Å²) < 4.78 is 9.67. The summed E-state index contributed by atoms with van der Waals surface area (Å²) >= 11 is 0. The van der Waals surface area contributed by atoms with Crippen LogP contribution in [0.1, 0.15) is 21.5 Å². The van der Waals surface area contributed by atoms with Gasteiger partial charge in [-0.15, -0.1) is 0 Å². The zero-order chi connectivity index (χ0) is 10.1. The predicted molar refractivity (Wildman–Crippen MR) is 46.9 cm³/mol. The Morgan fingerprint density at radius 2 is 2.36 bits per heavy atom. The smallest absolute Gasteiger partial charge is 0.343 e. The summed E-state index contributed by atoms with van der Waals surface area (Å²) in [6.45, 7) is 0.722. The van der Waals surface area contributed by atoms with Crippen molar-refractivity contribution in [1.29, 1.82) is 0 Å². The lowest BCUT2D eigenvalue weighted by Crippen LogP contribution is -2.21. The molecule has 0 radical (unpaired) electrons. The van der Waals surface area contributed by atoms with E-state index < -0.39 is 11.5 Å². The Labute approximate surface area is 79.7 Å². The highest BCUT2D eigenvalue weighted by atomic mass is 16.5. The number of hydrogen-bond donors (Lipinski definition) is 1. The molecule has 1 aromatic heterocycles. The summed E-state index contributed by atoms with van der Waals surface area (Å²) in [6, 6.07) is 0. The third-order valence-electron chi connectivity index (χ3n) is 2.19. The lowest BCUT2D eigenvalue weighted by Gasteiger charge is -2.02. The summed E-state index contributed by atoms with van der Waals surface area (Å²) in [7, 11) is 1.25. The standard InChI is InChI=1S/C9H9NO4/c1-13-9(12)7-6-4-14-3-5(6)2-10-8(7)11/h2H,3-4H2,1H3,(H,10,11). The Morgan fingerprint density at radius 3 is 3.07 bits per heavy atom. The Morgan fingerprint density at radius 1 is 1.57 bits per heavy atom. The van der Waals surface area contributed by atoms with Crippen molar-refractivity contribution in [2.24, 2.45) is 0 Å². The second-order valence-corrected chi connectivity index (χ2v) is 2.98. The molecule has 0 fully saturated rings. The van der Waals surface area contributed by atoms with E-state index in [9.17, 15) is 9.59 Å². The van der Waals surface area contributed by atoms with Gasteiger partial charge >= 0.3 is 5.97 Å². The highest BCUT2D eigenvalue weighted by Crippen LogP contribution is 2.20. The van der Waals surface area contributed by atoms with Gasteiger partial charge in [0, 0.05) is 17.3 Å².